The van der Waals surface area contributed by atoms with Crippen molar-refractivity contribution in [2.75, 3.05) is 31.2 Å². The molecule has 0 radical (unpaired) electrons. The fraction of sp³-hybridized carbons (Fsp3) is 0.583. The molecule has 4 rings (SSSR count). The van der Waals surface area contributed by atoms with Crippen LogP contribution in [0.1, 0.15) is 24.6 Å². The molecule has 100 valence electrons. The average molecular weight is 261 g/mol. The monoisotopic (exact) mass is 261 g/mol. The molecule has 1 saturated carbocycles. The highest BCUT2D eigenvalue weighted by molar-refractivity contribution is 5.38. The van der Waals surface area contributed by atoms with Crippen molar-refractivity contribution in [1.82, 2.24) is 19.7 Å². The first-order chi connectivity index (χ1) is 9.40. The first-order valence-corrected chi connectivity index (χ1v) is 6.61. The van der Waals surface area contributed by atoms with Gasteiger partial charge in [0, 0.05) is 19.0 Å². The Bertz CT molecular complexity index is 568. The first-order valence-electron chi connectivity index (χ1n) is 6.61. The smallest absolute Gasteiger partial charge is 0.333 e. The Kier molecular flexibility index (Phi) is 2.51. The highest BCUT2D eigenvalue weighted by Crippen LogP contribution is 2.38. The molecule has 0 bridgehead atoms. The van der Waals surface area contributed by atoms with Crippen molar-refractivity contribution in [3.8, 4) is 6.01 Å². The van der Waals surface area contributed by atoms with Crippen LogP contribution < -0.4 is 4.90 Å². The van der Waals surface area contributed by atoms with Gasteiger partial charge in [0.25, 0.3) is 0 Å². The van der Waals surface area contributed by atoms with Gasteiger partial charge >= 0.3 is 6.01 Å². The topological polar surface area (TPSA) is 69.2 Å². The van der Waals surface area contributed by atoms with Gasteiger partial charge in [0.15, 0.2) is 5.82 Å². The molecule has 2 aromatic rings. The zero-order valence-corrected chi connectivity index (χ0v) is 10.5. The normalized spacial score (nSPS) is 19.9. The summed E-state index contributed by atoms with van der Waals surface area (Å²) in [7, 11) is 0. The second-order valence-corrected chi connectivity index (χ2v) is 4.95. The summed E-state index contributed by atoms with van der Waals surface area (Å²) in [6.07, 6.45) is 5.98. The number of aromatic nitrogens is 4. The number of ether oxygens (including phenoxy) is 1. The van der Waals surface area contributed by atoms with Gasteiger partial charge in [0.1, 0.15) is 12.1 Å². The van der Waals surface area contributed by atoms with Gasteiger partial charge in [-0.2, -0.15) is 4.98 Å². The molecule has 0 amide bonds. The van der Waals surface area contributed by atoms with Gasteiger partial charge < -0.3 is 14.2 Å². The quantitative estimate of drug-likeness (QED) is 0.820. The Hall–Kier alpha value is -1.89. The summed E-state index contributed by atoms with van der Waals surface area (Å²) in [5.74, 6) is 2.24. The second kappa shape index (κ2) is 4.34. The third kappa shape index (κ3) is 2.10. The summed E-state index contributed by atoms with van der Waals surface area (Å²) in [4.78, 5) is 11.0. The molecular weight excluding hydrogens is 246 g/mol. The third-order valence-corrected chi connectivity index (χ3v) is 3.50. The van der Waals surface area contributed by atoms with E-state index in [2.05, 4.69) is 20.0 Å². The molecule has 3 heterocycles. The summed E-state index contributed by atoms with van der Waals surface area (Å²) in [5, 5.41) is 4.01. The molecule has 2 aliphatic rings. The lowest BCUT2D eigenvalue weighted by molar-refractivity contribution is 0.122. The molecule has 2 fully saturated rings. The number of imidazole rings is 1. The van der Waals surface area contributed by atoms with Crippen LogP contribution in [0.2, 0.25) is 0 Å². The molecule has 0 atom stereocenters. The van der Waals surface area contributed by atoms with Crippen LogP contribution in [0.15, 0.2) is 17.0 Å². The Morgan fingerprint density at radius 1 is 1.21 bits per heavy atom. The maximum atomic E-state index is 5.33. The Morgan fingerprint density at radius 3 is 2.84 bits per heavy atom. The summed E-state index contributed by atoms with van der Waals surface area (Å²) in [5.41, 5.74) is 0. The molecule has 0 aromatic carbocycles. The molecule has 1 saturated heterocycles. The molecule has 7 heteroatoms. The number of nitrogens with zero attached hydrogens (tertiary/aromatic N) is 5. The van der Waals surface area contributed by atoms with Crippen molar-refractivity contribution >= 4 is 5.82 Å². The molecule has 0 unspecified atom stereocenters. The van der Waals surface area contributed by atoms with Crippen molar-refractivity contribution in [2.45, 2.75) is 18.8 Å². The van der Waals surface area contributed by atoms with Crippen molar-refractivity contribution in [2.24, 2.45) is 0 Å². The molecule has 0 N–H and O–H groups in total. The number of hydrogen-bond acceptors (Lipinski definition) is 6. The van der Waals surface area contributed by atoms with Crippen molar-refractivity contribution in [3.05, 3.63) is 18.3 Å². The van der Waals surface area contributed by atoms with Crippen LogP contribution in [-0.4, -0.2) is 46.0 Å². The lowest BCUT2D eigenvalue weighted by Crippen LogP contribution is -2.36. The van der Waals surface area contributed by atoms with E-state index in [1.54, 1.807) is 10.9 Å². The minimum absolute atomic E-state index is 0.494. The van der Waals surface area contributed by atoms with Gasteiger partial charge in [0.2, 0.25) is 0 Å². The number of rotatable bonds is 3. The standard InChI is InChI=1S/C12H15N5O2/c1-2-9(1)11-14-12(19-15-11)17-7-10(13-8-17)16-3-5-18-6-4-16/h7-9H,1-6H2. The summed E-state index contributed by atoms with van der Waals surface area (Å²) < 4.78 is 12.4. The van der Waals surface area contributed by atoms with Gasteiger partial charge in [0.05, 0.1) is 19.4 Å². The maximum Gasteiger partial charge on any atom is 0.333 e. The zero-order chi connectivity index (χ0) is 12.7. The van der Waals surface area contributed by atoms with Crippen LogP contribution in [0.4, 0.5) is 5.82 Å². The minimum atomic E-state index is 0.494. The lowest BCUT2D eigenvalue weighted by atomic mass is 10.4. The van der Waals surface area contributed by atoms with E-state index in [-0.39, 0.29) is 0 Å². The second-order valence-electron chi connectivity index (χ2n) is 4.95. The molecule has 0 spiro atoms. The van der Waals surface area contributed by atoms with E-state index in [0.29, 0.717) is 11.9 Å². The summed E-state index contributed by atoms with van der Waals surface area (Å²) >= 11 is 0. The van der Waals surface area contributed by atoms with Gasteiger partial charge in [-0.25, -0.2) is 4.98 Å². The Balaban J connectivity index is 1.55. The van der Waals surface area contributed by atoms with Crippen molar-refractivity contribution < 1.29 is 9.26 Å². The highest BCUT2D eigenvalue weighted by atomic mass is 16.5. The Labute approximate surface area is 110 Å². The Morgan fingerprint density at radius 2 is 2.05 bits per heavy atom. The maximum absolute atomic E-state index is 5.33. The fourth-order valence-electron chi connectivity index (χ4n) is 2.21. The van der Waals surface area contributed by atoms with E-state index in [9.17, 15) is 0 Å². The predicted octanol–water partition coefficient (Wildman–Crippen LogP) is 0.969. The van der Waals surface area contributed by atoms with Gasteiger partial charge in [-0.05, 0) is 12.8 Å². The molecule has 2 aromatic heterocycles. The van der Waals surface area contributed by atoms with E-state index in [0.717, 1.165) is 37.9 Å². The van der Waals surface area contributed by atoms with E-state index < -0.39 is 0 Å². The molecule has 1 aliphatic heterocycles. The third-order valence-electron chi connectivity index (χ3n) is 3.50. The number of hydrogen-bond donors (Lipinski definition) is 0. The highest BCUT2D eigenvalue weighted by Gasteiger charge is 2.29. The summed E-state index contributed by atoms with van der Waals surface area (Å²) in [6.45, 7) is 3.24. The van der Waals surface area contributed by atoms with Gasteiger partial charge in [-0.1, -0.05) is 5.16 Å². The average Bonchev–Trinajstić information content (AvgIpc) is 3.01. The van der Waals surface area contributed by atoms with E-state index in [1.807, 2.05) is 6.20 Å². The van der Waals surface area contributed by atoms with Gasteiger partial charge in [-0.3, -0.25) is 4.57 Å². The van der Waals surface area contributed by atoms with Crippen LogP contribution >= 0.6 is 0 Å². The SMILES string of the molecule is c1nc(N2CCOCC2)cn1-c1nc(C2CC2)no1. The minimum Gasteiger partial charge on any atom is -0.378 e. The molecule has 1 aliphatic carbocycles. The van der Waals surface area contributed by atoms with Gasteiger partial charge in [-0.15, -0.1) is 0 Å². The number of anilines is 1. The van der Waals surface area contributed by atoms with Crippen LogP contribution in [0.3, 0.4) is 0 Å². The van der Waals surface area contributed by atoms with Crippen LogP contribution in [0.25, 0.3) is 6.01 Å². The lowest BCUT2D eigenvalue weighted by Gasteiger charge is -2.26. The molecular formula is C12H15N5O2. The van der Waals surface area contributed by atoms with Crippen LogP contribution in [0.5, 0.6) is 0 Å². The largest absolute Gasteiger partial charge is 0.378 e. The number of morpholine rings is 1. The molecule has 7 nitrogen and oxygen atoms in total. The molecule has 19 heavy (non-hydrogen) atoms. The summed E-state index contributed by atoms with van der Waals surface area (Å²) in [6, 6.07) is 0.494. The van der Waals surface area contributed by atoms with E-state index in [1.165, 1.54) is 12.8 Å². The van der Waals surface area contributed by atoms with Crippen molar-refractivity contribution in [1.29, 1.82) is 0 Å². The van der Waals surface area contributed by atoms with Crippen LogP contribution in [-0.2, 0) is 4.74 Å². The predicted molar refractivity (Wildman–Crippen MR) is 66.4 cm³/mol. The fourth-order valence-corrected chi connectivity index (χ4v) is 2.21. The van der Waals surface area contributed by atoms with E-state index >= 15 is 0 Å². The van der Waals surface area contributed by atoms with Crippen LogP contribution in [0, 0.1) is 0 Å². The zero-order valence-electron chi connectivity index (χ0n) is 10.5. The first kappa shape index (κ1) is 11.0. The van der Waals surface area contributed by atoms with E-state index in [4.69, 9.17) is 9.26 Å². The van der Waals surface area contributed by atoms with Crippen molar-refractivity contribution in [3.63, 3.8) is 0 Å².